The maximum atomic E-state index is 9.29. The summed E-state index contributed by atoms with van der Waals surface area (Å²) in [7, 11) is 0. The van der Waals surface area contributed by atoms with Crippen LogP contribution in [0.3, 0.4) is 0 Å². The van der Waals surface area contributed by atoms with E-state index >= 15 is 0 Å². The molecule has 0 spiro atoms. The van der Waals surface area contributed by atoms with Crippen LogP contribution in [0, 0.1) is 22.7 Å². The number of hydrogen-bond donors (Lipinski definition) is 0. The molecule has 1 fully saturated rings. The number of benzene rings is 1. The third-order valence-corrected chi connectivity index (χ3v) is 3.90. The van der Waals surface area contributed by atoms with Crippen LogP contribution in [0.25, 0.3) is 0 Å². The lowest BCUT2D eigenvalue weighted by Crippen LogP contribution is -2.33. The lowest BCUT2D eigenvalue weighted by molar-refractivity contribution is 0.212. The Kier molecular flexibility index (Phi) is 4.55. The molecule has 2 rings (SSSR count). The van der Waals surface area contributed by atoms with Gasteiger partial charge in [0, 0.05) is 0 Å². The minimum absolute atomic E-state index is 0.427. The van der Waals surface area contributed by atoms with E-state index in [1.165, 1.54) is 6.42 Å². The van der Waals surface area contributed by atoms with Crippen LogP contribution in [0.1, 0.15) is 48.8 Å². The molecule has 0 radical (unpaired) electrons. The first-order valence-electron chi connectivity index (χ1n) is 6.95. The number of piperidine rings is 1. The summed E-state index contributed by atoms with van der Waals surface area (Å²) >= 11 is 0. The number of likely N-dealkylation sites (tertiary alicyclic amines) is 1. The molecule has 1 aromatic carbocycles. The Morgan fingerprint density at radius 1 is 1.21 bits per heavy atom. The molecule has 0 saturated carbocycles. The van der Waals surface area contributed by atoms with Gasteiger partial charge in [-0.05, 0) is 56.4 Å². The zero-order valence-electron chi connectivity index (χ0n) is 11.4. The molecule has 1 heterocycles. The van der Waals surface area contributed by atoms with Gasteiger partial charge in [0.05, 0.1) is 11.1 Å². The minimum Gasteiger partial charge on any atom is -0.303 e. The first-order valence-corrected chi connectivity index (χ1v) is 6.95. The van der Waals surface area contributed by atoms with Crippen LogP contribution in [0.4, 0.5) is 0 Å². The van der Waals surface area contributed by atoms with Crippen molar-refractivity contribution >= 4 is 0 Å². The van der Waals surface area contributed by atoms with E-state index in [0.717, 1.165) is 38.0 Å². The van der Waals surface area contributed by atoms with Crippen molar-refractivity contribution in [2.75, 3.05) is 19.6 Å². The van der Waals surface area contributed by atoms with Crippen LogP contribution in [-0.4, -0.2) is 24.5 Å². The van der Waals surface area contributed by atoms with Crippen molar-refractivity contribution in [3.05, 3.63) is 34.9 Å². The van der Waals surface area contributed by atoms with Crippen molar-refractivity contribution in [3.63, 3.8) is 0 Å². The fourth-order valence-corrected chi connectivity index (χ4v) is 2.91. The van der Waals surface area contributed by atoms with Crippen LogP contribution < -0.4 is 0 Å². The molecule has 0 aromatic heterocycles. The summed E-state index contributed by atoms with van der Waals surface area (Å²) in [5.41, 5.74) is 2.16. The minimum atomic E-state index is 0.427. The van der Waals surface area contributed by atoms with E-state index in [1.54, 1.807) is 6.07 Å². The quantitative estimate of drug-likeness (QED) is 0.832. The molecule has 3 heteroatoms. The summed E-state index contributed by atoms with van der Waals surface area (Å²) in [6.45, 7) is 5.56. The van der Waals surface area contributed by atoms with E-state index in [-0.39, 0.29) is 0 Å². The molecular formula is C16H19N3. The smallest absolute Gasteiger partial charge is 0.101 e. The standard InChI is InChI=1S/C16H19N3/c1-2-8-19-9-6-13(7-10-19)15-5-3-4-14(11-17)16(15)12-18/h3-5,13H,2,6-10H2,1H3. The lowest BCUT2D eigenvalue weighted by Gasteiger charge is -2.32. The maximum absolute atomic E-state index is 9.29. The Hall–Kier alpha value is -1.84. The Morgan fingerprint density at radius 2 is 1.95 bits per heavy atom. The summed E-state index contributed by atoms with van der Waals surface area (Å²) in [5, 5.41) is 18.4. The third kappa shape index (κ3) is 2.95. The number of nitrogens with zero attached hydrogens (tertiary/aromatic N) is 3. The Balaban J connectivity index is 2.17. The Labute approximate surface area is 115 Å². The molecule has 1 saturated heterocycles. The highest BCUT2D eigenvalue weighted by Crippen LogP contribution is 2.31. The van der Waals surface area contributed by atoms with E-state index < -0.39 is 0 Å². The molecule has 1 aromatic rings. The second-order valence-electron chi connectivity index (χ2n) is 5.11. The topological polar surface area (TPSA) is 50.8 Å². The molecule has 1 aliphatic rings. The predicted molar refractivity (Wildman–Crippen MR) is 74.6 cm³/mol. The largest absolute Gasteiger partial charge is 0.303 e. The fraction of sp³-hybridized carbons (Fsp3) is 0.500. The molecule has 0 atom stereocenters. The highest BCUT2D eigenvalue weighted by molar-refractivity contribution is 5.51. The molecule has 0 unspecified atom stereocenters. The molecule has 19 heavy (non-hydrogen) atoms. The Bertz CT molecular complexity index is 514. The molecule has 0 amide bonds. The average Bonchev–Trinajstić information content (AvgIpc) is 2.47. The van der Waals surface area contributed by atoms with Gasteiger partial charge in [0.2, 0.25) is 0 Å². The highest BCUT2D eigenvalue weighted by atomic mass is 15.1. The van der Waals surface area contributed by atoms with Crippen molar-refractivity contribution in [2.24, 2.45) is 0 Å². The Morgan fingerprint density at radius 3 is 2.53 bits per heavy atom. The van der Waals surface area contributed by atoms with E-state index in [9.17, 15) is 5.26 Å². The summed E-state index contributed by atoms with van der Waals surface area (Å²) in [4.78, 5) is 2.48. The van der Waals surface area contributed by atoms with E-state index in [1.807, 2.05) is 12.1 Å². The van der Waals surface area contributed by atoms with Gasteiger partial charge in [-0.25, -0.2) is 0 Å². The van der Waals surface area contributed by atoms with Crippen molar-refractivity contribution in [1.82, 2.24) is 4.90 Å². The monoisotopic (exact) mass is 253 g/mol. The van der Waals surface area contributed by atoms with Gasteiger partial charge in [-0.1, -0.05) is 19.1 Å². The third-order valence-electron chi connectivity index (χ3n) is 3.90. The van der Waals surface area contributed by atoms with Gasteiger partial charge in [0.25, 0.3) is 0 Å². The zero-order chi connectivity index (χ0) is 13.7. The lowest BCUT2D eigenvalue weighted by atomic mass is 9.85. The average molecular weight is 253 g/mol. The molecule has 0 bridgehead atoms. The number of hydrogen-bond acceptors (Lipinski definition) is 3. The second kappa shape index (κ2) is 6.36. The van der Waals surface area contributed by atoms with Gasteiger partial charge < -0.3 is 4.90 Å². The first kappa shape index (κ1) is 13.6. The summed E-state index contributed by atoms with van der Waals surface area (Å²) in [6, 6.07) is 9.97. The van der Waals surface area contributed by atoms with Gasteiger partial charge in [0.15, 0.2) is 0 Å². The SMILES string of the molecule is CCCN1CCC(c2cccc(C#N)c2C#N)CC1. The van der Waals surface area contributed by atoms with Crippen molar-refractivity contribution in [3.8, 4) is 12.1 Å². The van der Waals surface area contributed by atoms with Gasteiger partial charge in [-0.3, -0.25) is 0 Å². The van der Waals surface area contributed by atoms with Crippen LogP contribution in [0.5, 0.6) is 0 Å². The van der Waals surface area contributed by atoms with Crippen molar-refractivity contribution in [2.45, 2.75) is 32.1 Å². The summed E-state index contributed by atoms with van der Waals surface area (Å²) < 4.78 is 0. The number of rotatable bonds is 3. The van der Waals surface area contributed by atoms with Crippen molar-refractivity contribution < 1.29 is 0 Å². The van der Waals surface area contributed by atoms with Crippen LogP contribution in [-0.2, 0) is 0 Å². The number of nitriles is 2. The summed E-state index contributed by atoms with van der Waals surface area (Å²) in [5.74, 6) is 0.427. The summed E-state index contributed by atoms with van der Waals surface area (Å²) in [6.07, 6.45) is 3.37. The first-order chi connectivity index (χ1) is 9.30. The molecular weight excluding hydrogens is 234 g/mol. The van der Waals surface area contributed by atoms with Crippen LogP contribution in [0.15, 0.2) is 18.2 Å². The molecule has 0 aliphatic carbocycles. The van der Waals surface area contributed by atoms with Gasteiger partial charge in [-0.15, -0.1) is 0 Å². The van der Waals surface area contributed by atoms with E-state index in [0.29, 0.717) is 17.0 Å². The molecule has 1 aliphatic heterocycles. The van der Waals surface area contributed by atoms with Crippen molar-refractivity contribution in [1.29, 1.82) is 10.5 Å². The second-order valence-corrected chi connectivity index (χ2v) is 5.11. The van der Waals surface area contributed by atoms with Crippen LogP contribution >= 0.6 is 0 Å². The predicted octanol–water partition coefficient (Wildman–Crippen LogP) is 3.02. The molecule has 3 nitrogen and oxygen atoms in total. The zero-order valence-corrected chi connectivity index (χ0v) is 11.4. The van der Waals surface area contributed by atoms with Gasteiger partial charge in [-0.2, -0.15) is 10.5 Å². The van der Waals surface area contributed by atoms with Gasteiger partial charge in [0.1, 0.15) is 12.1 Å². The maximum Gasteiger partial charge on any atom is 0.101 e. The fourth-order valence-electron chi connectivity index (χ4n) is 2.91. The van der Waals surface area contributed by atoms with Gasteiger partial charge >= 0.3 is 0 Å². The van der Waals surface area contributed by atoms with E-state index in [2.05, 4.69) is 24.0 Å². The highest BCUT2D eigenvalue weighted by Gasteiger charge is 2.23. The van der Waals surface area contributed by atoms with E-state index in [4.69, 9.17) is 5.26 Å². The molecule has 0 N–H and O–H groups in total. The van der Waals surface area contributed by atoms with Crippen LogP contribution in [0.2, 0.25) is 0 Å². The normalized spacial score (nSPS) is 16.8. The molecule has 98 valence electrons.